The van der Waals surface area contributed by atoms with Gasteiger partial charge >= 0.3 is 0 Å². The van der Waals surface area contributed by atoms with Crippen molar-refractivity contribution in [1.29, 1.82) is 0 Å². The third kappa shape index (κ3) is 4.93. The molecule has 2 N–H and O–H groups in total. The van der Waals surface area contributed by atoms with Gasteiger partial charge in [-0.2, -0.15) is 0 Å². The van der Waals surface area contributed by atoms with E-state index in [1.54, 1.807) is 7.11 Å². The predicted octanol–water partition coefficient (Wildman–Crippen LogP) is 1.01. The van der Waals surface area contributed by atoms with Crippen LogP contribution in [0.25, 0.3) is 0 Å². The van der Waals surface area contributed by atoms with Crippen LogP contribution in [0.15, 0.2) is 24.3 Å². The number of hydrogen-bond donors (Lipinski definition) is 2. The summed E-state index contributed by atoms with van der Waals surface area (Å²) in [5.74, 6) is 0.934. The number of aliphatic hydroxyl groups is 1. The maximum absolute atomic E-state index is 11.9. The van der Waals surface area contributed by atoms with Crippen molar-refractivity contribution >= 4 is 5.91 Å². The first-order valence-electron chi connectivity index (χ1n) is 9.14. The van der Waals surface area contributed by atoms with Gasteiger partial charge < -0.3 is 15.2 Å². The highest BCUT2D eigenvalue weighted by Crippen LogP contribution is 2.24. The molecule has 0 unspecified atom stereocenters. The van der Waals surface area contributed by atoms with E-state index in [0.29, 0.717) is 12.6 Å². The topological polar surface area (TPSA) is 65.0 Å². The number of ether oxygens (including phenoxy) is 1. The van der Waals surface area contributed by atoms with Crippen LogP contribution in [-0.4, -0.2) is 72.7 Å². The van der Waals surface area contributed by atoms with E-state index in [1.807, 2.05) is 24.3 Å². The Hall–Kier alpha value is -1.63. The Labute approximate surface area is 149 Å². The predicted molar refractivity (Wildman–Crippen MR) is 96.6 cm³/mol. The van der Waals surface area contributed by atoms with Gasteiger partial charge in [-0.1, -0.05) is 12.1 Å². The molecule has 1 saturated heterocycles. The van der Waals surface area contributed by atoms with Crippen molar-refractivity contribution in [2.75, 3.05) is 39.8 Å². The maximum atomic E-state index is 11.9. The van der Waals surface area contributed by atoms with Crippen molar-refractivity contribution in [3.63, 3.8) is 0 Å². The second-order valence-corrected chi connectivity index (χ2v) is 7.11. The Morgan fingerprint density at radius 3 is 2.44 bits per heavy atom. The number of aliphatic hydroxyl groups excluding tert-OH is 1. The van der Waals surface area contributed by atoms with E-state index in [0.717, 1.165) is 50.3 Å². The Morgan fingerprint density at radius 1 is 1.24 bits per heavy atom. The molecular weight excluding hydrogens is 318 g/mol. The largest absolute Gasteiger partial charge is 0.497 e. The molecule has 1 aromatic carbocycles. The van der Waals surface area contributed by atoms with Gasteiger partial charge in [0.25, 0.3) is 0 Å². The van der Waals surface area contributed by atoms with Crippen molar-refractivity contribution in [3.8, 4) is 5.75 Å². The molecule has 6 heteroatoms. The summed E-state index contributed by atoms with van der Waals surface area (Å²) in [5.41, 5.74) is 0.902. The van der Waals surface area contributed by atoms with Crippen LogP contribution in [0.2, 0.25) is 0 Å². The zero-order chi connectivity index (χ0) is 17.8. The normalized spacial score (nSPS) is 21.6. The summed E-state index contributed by atoms with van der Waals surface area (Å²) >= 11 is 0. The van der Waals surface area contributed by atoms with Crippen molar-refractivity contribution in [2.45, 2.75) is 38.0 Å². The van der Waals surface area contributed by atoms with Gasteiger partial charge in [0.05, 0.1) is 19.8 Å². The van der Waals surface area contributed by atoms with E-state index in [4.69, 9.17) is 4.74 Å². The molecule has 138 valence electrons. The number of rotatable bonds is 7. The van der Waals surface area contributed by atoms with E-state index in [2.05, 4.69) is 22.0 Å². The molecule has 2 aliphatic rings. The smallest absolute Gasteiger partial charge is 0.234 e. The fourth-order valence-electron chi connectivity index (χ4n) is 3.31. The highest BCUT2D eigenvalue weighted by atomic mass is 16.5. The number of nitrogens with zero attached hydrogens (tertiary/aromatic N) is 2. The minimum Gasteiger partial charge on any atom is -0.497 e. The van der Waals surface area contributed by atoms with Crippen molar-refractivity contribution in [2.24, 2.45) is 0 Å². The van der Waals surface area contributed by atoms with Crippen LogP contribution in [0.1, 0.15) is 31.4 Å². The molecule has 2 atom stereocenters. The summed E-state index contributed by atoms with van der Waals surface area (Å²) < 4.78 is 5.17. The van der Waals surface area contributed by atoms with E-state index in [1.165, 1.54) is 0 Å². The molecule has 1 aliphatic carbocycles. The molecule has 0 aromatic heterocycles. The minimum atomic E-state index is -0.532. The summed E-state index contributed by atoms with van der Waals surface area (Å²) in [6, 6.07) is 8.05. The number of benzene rings is 1. The van der Waals surface area contributed by atoms with E-state index in [9.17, 15) is 9.90 Å². The van der Waals surface area contributed by atoms with Crippen LogP contribution in [0, 0.1) is 0 Å². The van der Waals surface area contributed by atoms with Crippen molar-refractivity contribution < 1.29 is 14.6 Å². The van der Waals surface area contributed by atoms with E-state index in [-0.39, 0.29) is 11.9 Å². The SMILES string of the molecule is COc1ccc([C@H](O)[C@H](C)N2CCN(CC(=O)NC3CC3)CC2)cc1. The molecule has 25 heavy (non-hydrogen) atoms. The van der Waals surface area contributed by atoms with Gasteiger partial charge in [0.1, 0.15) is 5.75 Å². The summed E-state index contributed by atoms with van der Waals surface area (Å²) in [6.07, 6.45) is 1.72. The Kier molecular flexibility index (Phi) is 5.93. The summed E-state index contributed by atoms with van der Waals surface area (Å²) in [6.45, 7) is 6.00. The van der Waals surface area contributed by atoms with Crippen LogP contribution >= 0.6 is 0 Å². The lowest BCUT2D eigenvalue weighted by molar-refractivity contribution is -0.123. The molecule has 6 nitrogen and oxygen atoms in total. The molecule has 1 amide bonds. The number of piperazine rings is 1. The van der Waals surface area contributed by atoms with Gasteiger partial charge in [-0.25, -0.2) is 0 Å². The third-order valence-electron chi connectivity index (χ3n) is 5.21. The average molecular weight is 347 g/mol. The standard InChI is InChI=1S/C19H29N3O3/c1-14(19(24)15-3-7-17(25-2)8-4-15)22-11-9-21(10-12-22)13-18(23)20-16-5-6-16/h3-4,7-8,14,16,19,24H,5-6,9-13H2,1-2H3,(H,20,23)/t14-,19+/m0/s1. The number of hydrogen-bond acceptors (Lipinski definition) is 5. The van der Waals surface area contributed by atoms with Crippen LogP contribution in [0.3, 0.4) is 0 Å². The highest BCUT2D eigenvalue weighted by Gasteiger charge is 2.28. The monoisotopic (exact) mass is 347 g/mol. The summed E-state index contributed by atoms with van der Waals surface area (Å²) in [4.78, 5) is 16.4. The van der Waals surface area contributed by atoms with Crippen molar-refractivity contribution in [1.82, 2.24) is 15.1 Å². The molecule has 3 rings (SSSR count). The van der Waals surface area contributed by atoms with Gasteiger partial charge in [0.2, 0.25) is 5.91 Å². The highest BCUT2D eigenvalue weighted by molar-refractivity contribution is 5.78. The fourth-order valence-corrected chi connectivity index (χ4v) is 3.31. The van der Waals surface area contributed by atoms with Crippen LogP contribution < -0.4 is 10.1 Å². The van der Waals surface area contributed by atoms with Gasteiger partial charge in [-0.3, -0.25) is 14.6 Å². The number of carbonyl (C=O) groups is 1. The zero-order valence-corrected chi connectivity index (χ0v) is 15.1. The first-order valence-corrected chi connectivity index (χ1v) is 9.14. The van der Waals surface area contributed by atoms with Gasteiger partial charge in [-0.05, 0) is 37.5 Å². The zero-order valence-electron chi connectivity index (χ0n) is 15.1. The van der Waals surface area contributed by atoms with Crippen molar-refractivity contribution in [3.05, 3.63) is 29.8 Å². The lowest BCUT2D eigenvalue weighted by Gasteiger charge is -2.39. The van der Waals surface area contributed by atoms with Gasteiger partial charge in [-0.15, -0.1) is 0 Å². The number of carbonyl (C=O) groups excluding carboxylic acids is 1. The fraction of sp³-hybridized carbons (Fsp3) is 0.632. The molecule has 2 fully saturated rings. The van der Waals surface area contributed by atoms with Gasteiger partial charge in [0, 0.05) is 38.3 Å². The molecule has 0 radical (unpaired) electrons. The number of methoxy groups -OCH3 is 1. The Morgan fingerprint density at radius 2 is 1.88 bits per heavy atom. The van der Waals surface area contributed by atoms with E-state index >= 15 is 0 Å². The van der Waals surface area contributed by atoms with Crippen LogP contribution in [0.4, 0.5) is 0 Å². The molecule has 1 heterocycles. The Bertz CT molecular complexity index is 566. The first kappa shape index (κ1) is 18.2. The molecule has 1 aromatic rings. The third-order valence-corrected chi connectivity index (χ3v) is 5.21. The van der Waals surface area contributed by atoms with Gasteiger partial charge in [0.15, 0.2) is 0 Å². The van der Waals surface area contributed by atoms with Crippen LogP contribution in [-0.2, 0) is 4.79 Å². The minimum absolute atomic E-state index is 0.0378. The quantitative estimate of drug-likeness (QED) is 0.771. The summed E-state index contributed by atoms with van der Waals surface area (Å²) in [7, 11) is 1.64. The number of nitrogens with one attached hydrogen (secondary N) is 1. The molecule has 1 saturated carbocycles. The molecule has 1 aliphatic heterocycles. The number of amides is 1. The molecule has 0 spiro atoms. The second-order valence-electron chi connectivity index (χ2n) is 7.11. The molecule has 0 bridgehead atoms. The summed E-state index contributed by atoms with van der Waals surface area (Å²) in [5, 5.41) is 13.7. The lowest BCUT2D eigenvalue weighted by atomic mass is 10.0. The Balaban J connectivity index is 1.46. The molecular formula is C19H29N3O3. The van der Waals surface area contributed by atoms with E-state index < -0.39 is 6.10 Å². The average Bonchev–Trinajstić information content (AvgIpc) is 3.45. The maximum Gasteiger partial charge on any atom is 0.234 e. The first-order chi connectivity index (χ1) is 12.1. The van der Waals surface area contributed by atoms with Crippen LogP contribution in [0.5, 0.6) is 5.75 Å². The second kappa shape index (κ2) is 8.17. The lowest BCUT2D eigenvalue weighted by Crippen LogP contribution is -2.53.